The van der Waals surface area contributed by atoms with Gasteiger partial charge in [0, 0.05) is 12.1 Å². The Morgan fingerprint density at radius 1 is 1.42 bits per heavy atom. The minimum absolute atomic E-state index is 0.340. The Morgan fingerprint density at radius 3 is 2.67 bits per heavy atom. The summed E-state index contributed by atoms with van der Waals surface area (Å²) < 4.78 is 5.93. The highest BCUT2D eigenvalue weighted by atomic mass is 35.5. The SMILES string of the molecule is C=C(C)/C=C(/Cl)C(=C)Oc1c(NCCCC)cc(C=O)cc1SC. The van der Waals surface area contributed by atoms with Crippen LogP contribution in [0.5, 0.6) is 5.75 Å². The van der Waals surface area contributed by atoms with E-state index in [0.717, 1.165) is 41.8 Å². The average molecular weight is 366 g/mol. The molecule has 0 aliphatic carbocycles. The molecule has 0 radical (unpaired) electrons. The molecule has 0 aromatic heterocycles. The van der Waals surface area contributed by atoms with Gasteiger partial charge in [-0.15, -0.1) is 11.8 Å². The van der Waals surface area contributed by atoms with Crippen molar-refractivity contribution in [2.45, 2.75) is 31.6 Å². The summed E-state index contributed by atoms with van der Waals surface area (Å²) in [6.45, 7) is 12.5. The lowest BCUT2D eigenvalue weighted by molar-refractivity contribution is 0.112. The molecular formula is C19H24ClNO2S. The Hall–Kier alpha value is -1.65. The predicted octanol–water partition coefficient (Wildman–Crippen LogP) is 6.02. The molecule has 1 aromatic rings. The fourth-order valence-corrected chi connectivity index (χ4v) is 2.76. The van der Waals surface area contributed by atoms with Gasteiger partial charge in [0.2, 0.25) is 0 Å². The van der Waals surface area contributed by atoms with Crippen molar-refractivity contribution in [1.82, 2.24) is 0 Å². The Bertz CT molecular complexity index is 653. The molecule has 0 bridgehead atoms. The lowest BCUT2D eigenvalue weighted by Crippen LogP contribution is -2.06. The second kappa shape index (κ2) is 10.3. The second-order valence-corrected chi connectivity index (χ2v) is 6.62. The summed E-state index contributed by atoms with van der Waals surface area (Å²) in [6, 6.07) is 3.57. The third-order valence-electron chi connectivity index (χ3n) is 3.14. The van der Waals surface area contributed by atoms with Crippen molar-refractivity contribution in [1.29, 1.82) is 0 Å². The molecule has 0 aliphatic heterocycles. The number of hydrogen-bond donors (Lipinski definition) is 1. The largest absolute Gasteiger partial charge is 0.453 e. The topological polar surface area (TPSA) is 38.3 Å². The van der Waals surface area contributed by atoms with Crippen LogP contribution in [0.4, 0.5) is 5.69 Å². The van der Waals surface area contributed by atoms with Gasteiger partial charge in [-0.3, -0.25) is 4.79 Å². The number of hydrogen-bond acceptors (Lipinski definition) is 4. The van der Waals surface area contributed by atoms with Crippen LogP contribution in [0.3, 0.4) is 0 Å². The number of unbranched alkanes of at least 4 members (excludes halogenated alkanes) is 1. The van der Waals surface area contributed by atoms with Crippen molar-refractivity contribution >= 4 is 35.3 Å². The molecule has 3 nitrogen and oxygen atoms in total. The van der Waals surface area contributed by atoms with E-state index >= 15 is 0 Å². The van der Waals surface area contributed by atoms with Crippen molar-refractivity contribution in [2.75, 3.05) is 18.1 Å². The van der Waals surface area contributed by atoms with Gasteiger partial charge in [-0.25, -0.2) is 0 Å². The molecule has 1 rings (SSSR count). The molecule has 0 fully saturated rings. The molecule has 0 aliphatic rings. The number of anilines is 1. The Labute approximate surface area is 153 Å². The first-order valence-electron chi connectivity index (χ1n) is 7.73. The van der Waals surface area contributed by atoms with Gasteiger partial charge in [0.05, 0.1) is 15.6 Å². The fourth-order valence-electron chi connectivity index (χ4n) is 1.95. The van der Waals surface area contributed by atoms with E-state index in [1.165, 1.54) is 11.8 Å². The molecule has 0 heterocycles. The van der Waals surface area contributed by atoms with Gasteiger partial charge in [-0.1, -0.05) is 43.7 Å². The van der Waals surface area contributed by atoms with Crippen molar-refractivity contribution in [2.24, 2.45) is 0 Å². The van der Waals surface area contributed by atoms with Crippen LogP contribution in [-0.4, -0.2) is 19.1 Å². The molecule has 1 aromatic carbocycles. The van der Waals surface area contributed by atoms with Crippen molar-refractivity contribution < 1.29 is 9.53 Å². The first-order chi connectivity index (χ1) is 11.4. The van der Waals surface area contributed by atoms with Crippen LogP contribution in [0.25, 0.3) is 0 Å². The third kappa shape index (κ3) is 6.10. The zero-order valence-electron chi connectivity index (χ0n) is 14.4. The summed E-state index contributed by atoms with van der Waals surface area (Å²) in [5.41, 5.74) is 2.17. The monoisotopic (exact) mass is 365 g/mol. The van der Waals surface area contributed by atoms with E-state index in [4.69, 9.17) is 16.3 Å². The van der Waals surface area contributed by atoms with Crippen LogP contribution < -0.4 is 10.1 Å². The summed E-state index contributed by atoms with van der Waals surface area (Å²) in [5, 5.41) is 3.73. The van der Waals surface area contributed by atoms with Gasteiger partial charge >= 0.3 is 0 Å². The van der Waals surface area contributed by atoms with Crippen molar-refractivity contribution in [3.05, 3.63) is 53.3 Å². The van der Waals surface area contributed by atoms with Gasteiger partial charge in [-0.2, -0.15) is 0 Å². The van der Waals surface area contributed by atoms with E-state index in [2.05, 4.69) is 25.4 Å². The third-order valence-corrected chi connectivity index (χ3v) is 4.21. The number of carbonyl (C=O) groups is 1. The summed E-state index contributed by atoms with van der Waals surface area (Å²) in [4.78, 5) is 12.0. The molecule has 0 spiro atoms. The van der Waals surface area contributed by atoms with Crippen LogP contribution in [0.15, 0.2) is 52.6 Å². The standard InChI is InChI=1S/C19H24ClNO2S/c1-6-7-8-21-17-10-15(12-22)11-18(24-5)19(17)23-14(4)16(20)9-13(2)3/h9-12,21H,2,4,6-8H2,1,3,5H3/b16-9+. The van der Waals surface area contributed by atoms with Gasteiger partial charge in [-0.05, 0) is 37.8 Å². The number of thioether (sulfide) groups is 1. The van der Waals surface area contributed by atoms with E-state index < -0.39 is 0 Å². The number of aldehydes is 1. The highest BCUT2D eigenvalue weighted by molar-refractivity contribution is 7.98. The van der Waals surface area contributed by atoms with E-state index in [-0.39, 0.29) is 0 Å². The maximum absolute atomic E-state index is 11.2. The Morgan fingerprint density at radius 2 is 2.12 bits per heavy atom. The minimum Gasteiger partial charge on any atom is -0.453 e. The number of benzene rings is 1. The second-order valence-electron chi connectivity index (χ2n) is 5.36. The Kier molecular flexibility index (Phi) is 8.72. The summed E-state index contributed by atoms with van der Waals surface area (Å²) in [6.07, 6.45) is 6.56. The quantitative estimate of drug-likeness (QED) is 0.181. The molecule has 0 amide bonds. The molecule has 0 unspecified atom stereocenters. The number of carbonyl (C=O) groups excluding carboxylic acids is 1. The minimum atomic E-state index is 0.340. The van der Waals surface area contributed by atoms with Gasteiger partial charge in [0.1, 0.15) is 12.0 Å². The van der Waals surface area contributed by atoms with Crippen LogP contribution in [0.1, 0.15) is 37.0 Å². The van der Waals surface area contributed by atoms with Crippen LogP contribution in [0, 0.1) is 0 Å². The van der Waals surface area contributed by atoms with Gasteiger partial charge < -0.3 is 10.1 Å². The normalized spacial score (nSPS) is 11.1. The number of rotatable bonds is 10. The van der Waals surface area contributed by atoms with Crippen molar-refractivity contribution in [3.63, 3.8) is 0 Å². The van der Waals surface area contributed by atoms with Gasteiger partial charge in [0.15, 0.2) is 5.75 Å². The number of allylic oxidation sites excluding steroid dienone is 3. The Balaban J connectivity index is 3.19. The van der Waals surface area contributed by atoms with E-state index in [1.54, 1.807) is 18.2 Å². The maximum Gasteiger partial charge on any atom is 0.164 e. The number of nitrogens with one attached hydrogen (secondary N) is 1. The summed E-state index contributed by atoms with van der Waals surface area (Å²) in [5.74, 6) is 0.967. The summed E-state index contributed by atoms with van der Waals surface area (Å²) >= 11 is 7.70. The van der Waals surface area contributed by atoms with Crippen LogP contribution in [0.2, 0.25) is 0 Å². The number of halogens is 1. The average Bonchev–Trinajstić information content (AvgIpc) is 2.55. The van der Waals surface area contributed by atoms with Gasteiger partial charge in [0.25, 0.3) is 0 Å². The van der Waals surface area contributed by atoms with E-state index in [9.17, 15) is 4.79 Å². The first kappa shape index (κ1) is 20.4. The lowest BCUT2D eigenvalue weighted by Gasteiger charge is -2.18. The molecule has 130 valence electrons. The zero-order valence-corrected chi connectivity index (χ0v) is 16.0. The van der Waals surface area contributed by atoms with Crippen LogP contribution in [-0.2, 0) is 0 Å². The molecule has 0 saturated carbocycles. The zero-order chi connectivity index (χ0) is 18.1. The van der Waals surface area contributed by atoms with E-state index in [1.807, 2.05) is 13.2 Å². The highest BCUT2D eigenvalue weighted by Gasteiger charge is 2.15. The molecule has 1 N–H and O–H groups in total. The molecule has 5 heteroatoms. The molecular weight excluding hydrogens is 342 g/mol. The predicted molar refractivity (Wildman–Crippen MR) is 106 cm³/mol. The van der Waals surface area contributed by atoms with Crippen LogP contribution >= 0.6 is 23.4 Å². The first-order valence-corrected chi connectivity index (χ1v) is 9.34. The number of ether oxygens (including phenoxy) is 1. The summed E-state index contributed by atoms with van der Waals surface area (Å²) in [7, 11) is 0. The molecule has 0 saturated heterocycles. The lowest BCUT2D eigenvalue weighted by atomic mass is 10.2. The van der Waals surface area contributed by atoms with E-state index in [0.29, 0.717) is 22.1 Å². The fraction of sp³-hybridized carbons (Fsp3) is 0.316. The smallest absolute Gasteiger partial charge is 0.164 e. The highest BCUT2D eigenvalue weighted by Crippen LogP contribution is 2.38. The maximum atomic E-state index is 11.2. The molecule has 24 heavy (non-hydrogen) atoms. The molecule has 0 atom stereocenters. The van der Waals surface area contributed by atoms with Crippen molar-refractivity contribution in [3.8, 4) is 5.75 Å².